The highest BCUT2D eigenvalue weighted by molar-refractivity contribution is 7.90. The molecule has 0 radical (unpaired) electrons. The van der Waals surface area contributed by atoms with Crippen molar-refractivity contribution >= 4 is 32.8 Å². The zero-order chi connectivity index (χ0) is 24.1. The minimum atomic E-state index is -3.51. The summed E-state index contributed by atoms with van der Waals surface area (Å²) < 4.78 is 31.4. The third kappa shape index (κ3) is 3.95. The van der Waals surface area contributed by atoms with Crippen molar-refractivity contribution in [3.05, 3.63) is 41.0 Å². The van der Waals surface area contributed by atoms with Crippen LogP contribution in [0.5, 0.6) is 0 Å². The standard InChI is InChI=1S/C22H27N5O5S/c1-12(2)19-20-25-16-8-14(11-28)18(33(5,30)31)9-17(16)26(20)6-7-27(19)22-23-10-15(13(3)24-22)21(29)32-4/h8-10,12,19,28H,6-7,11H2,1-5H3/t19-/m1/s1. The van der Waals surface area contributed by atoms with Crippen molar-refractivity contribution in [1.29, 1.82) is 0 Å². The van der Waals surface area contributed by atoms with Gasteiger partial charge in [0.15, 0.2) is 9.84 Å². The van der Waals surface area contributed by atoms with E-state index in [9.17, 15) is 18.3 Å². The van der Waals surface area contributed by atoms with Gasteiger partial charge in [-0.1, -0.05) is 13.8 Å². The van der Waals surface area contributed by atoms with Crippen LogP contribution >= 0.6 is 0 Å². The summed E-state index contributed by atoms with van der Waals surface area (Å²) in [6.07, 6.45) is 2.61. The van der Waals surface area contributed by atoms with Crippen molar-refractivity contribution in [2.45, 2.75) is 44.9 Å². The average Bonchev–Trinajstić information content (AvgIpc) is 3.13. The molecular formula is C22H27N5O5S. The third-order valence-electron chi connectivity index (χ3n) is 5.95. The lowest BCUT2D eigenvalue weighted by Gasteiger charge is -2.38. The molecule has 0 spiro atoms. The molecule has 0 saturated heterocycles. The number of carbonyl (C=O) groups is 1. The van der Waals surface area contributed by atoms with Gasteiger partial charge in [-0.3, -0.25) is 0 Å². The van der Waals surface area contributed by atoms with Gasteiger partial charge in [-0.25, -0.2) is 28.2 Å². The van der Waals surface area contributed by atoms with Crippen LogP contribution < -0.4 is 4.90 Å². The first-order valence-electron chi connectivity index (χ1n) is 10.6. The van der Waals surface area contributed by atoms with Crippen LogP contribution in [-0.4, -0.2) is 58.9 Å². The summed E-state index contributed by atoms with van der Waals surface area (Å²) in [6.45, 7) is 6.63. The number of aliphatic hydroxyl groups is 1. The molecule has 4 rings (SSSR count). The van der Waals surface area contributed by atoms with Gasteiger partial charge in [0.05, 0.1) is 46.9 Å². The predicted octanol–water partition coefficient (Wildman–Crippen LogP) is 2.03. The van der Waals surface area contributed by atoms with E-state index in [1.54, 1.807) is 19.1 Å². The second kappa shape index (κ2) is 8.38. The van der Waals surface area contributed by atoms with Gasteiger partial charge >= 0.3 is 5.97 Å². The van der Waals surface area contributed by atoms with Crippen molar-refractivity contribution in [1.82, 2.24) is 19.5 Å². The number of fused-ring (bicyclic) bond motifs is 3. The molecule has 1 N–H and O–H groups in total. The van der Waals surface area contributed by atoms with Gasteiger partial charge in [0.1, 0.15) is 5.82 Å². The SMILES string of the molecule is COC(=O)c1cnc(N2CCn3c(nc4cc(CO)c(S(C)(=O)=O)cc43)[C@H]2C(C)C)nc1C. The van der Waals surface area contributed by atoms with E-state index in [1.165, 1.54) is 13.3 Å². The van der Waals surface area contributed by atoms with Crippen LogP contribution in [0.4, 0.5) is 5.95 Å². The number of benzene rings is 1. The van der Waals surface area contributed by atoms with E-state index in [1.807, 2.05) is 4.57 Å². The lowest BCUT2D eigenvalue weighted by molar-refractivity contribution is 0.0599. The molecule has 3 aromatic rings. The predicted molar refractivity (Wildman–Crippen MR) is 122 cm³/mol. The maximum Gasteiger partial charge on any atom is 0.341 e. The Labute approximate surface area is 192 Å². The van der Waals surface area contributed by atoms with Gasteiger partial charge in [0.25, 0.3) is 0 Å². The monoisotopic (exact) mass is 473 g/mol. The van der Waals surface area contributed by atoms with E-state index in [4.69, 9.17) is 9.72 Å². The molecule has 1 aliphatic rings. The molecule has 33 heavy (non-hydrogen) atoms. The summed E-state index contributed by atoms with van der Waals surface area (Å²) in [4.78, 5) is 27.9. The molecular weight excluding hydrogens is 446 g/mol. The summed E-state index contributed by atoms with van der Waals surface area (Å²) in [5.41, 5.74) is 2.52. The van der Waals surface area contributed by atoms with Crippen LogP contribution in [0.1, 0.15) is 47.3 Å². The number of aliphatic hydroxyl groups excluding tert-OH is 1. The second-order valence-electron chi connectivity index (χ2n) is 8.54. The van der Waals surface area contributed by atoms with Crippen LogP contribution in [0.3, 0.4) is 0 Å². The minimum Gasteiger partial charge on any atom is -0.465 e. The average molecular weight is 474 g/mol. The fraction of sp³-hybridized carbons (Fsp3) is 0.455. The van der Waals surface area contributed by atoms with Crippen LogP contribution in [-0.2, 0) is 27.7 Å². The fourth-order valence-electron chi connectivity index (χ4n) is 4.42. The molecule has 1 aliphatic heterocycles. The second-order valence-corrected chi connectivity index (χ2v) is 10.5. The van der Waals surface area contributed by atoms with Gasteiger partial charge in [0, 0.05) is 25.5 Å². The number of aryl methyl sites for hydroxylation is 1. The normalized spacial score (nSPS) is 16.3. The number of nitrogens with zero attached hydrogens (tertiary/aromatic N) is 5. The highest BCUT2D eigenvalue weighted by Gasteiger charge is 2.35. The number of hydrogen-bond acceptors (Lipinski definition) is 9. The van der Waals surface area contributed by atoms with E-state index in [0.717, 1.165) is 12.1 Å². The van der Waals surface area contributed by atoms with Gasteiger partial charge in [-0.15, -0.1) is 0 Å². The van der Waals surface area contributed by atoms with Crippen LogP contribution in [0.2, 0.25) is 0 Å². The molecule has 2 aromatic heterocycles. The summed E-state index contributed by atoms with van der Waals surface area (Å²) in [7, 11) is -2.20. The number of sulfone groups is 1. The number of carbonyl (C=O) groups excluding carboxylic acids is 1. The molecule has 1 atom stereocenters. The lowest BCUT2D eigenvalue weighted by atomic mass is 10.00. The van der Waals surface area contributed by atoms with Crippen molar-refractivity contribution in [2.24, 2.45) is 5.92 Å². The number of aromatic nitrogens is 4. The highest BCUT2D eigenvalue weighted by Crippen LogP contribution is 2.37. The number of methoxy groups -OCH3 is 1. The smallest absolute Gasteiger partial charge is 0.341 e. The first-order valence-corrected chi connectivity index (χ1v) is 12.5. The third-order valence-corrected chi connectivity index (χ3v) is 7.13. The van der Waals surface area contributed by atoms with Gasteiger partial charge in [0.2, 0.25) is 5.95 Å². The number of esters is 1. The Kier molecular flexibility index (Phi) is 5.87. The lowest BCUT2D eigenvalue weighted by Crippen LogP contribution is -2.42. The molecule has 0 fully saturated rings. The maximum absolute atomic E-state index is 12.3. The van der Waals surface area contributed by atoms with E-state index in [2.05, 4.69) is 28.7 Å². The zero-order valence-electron chi connectivity index (χ0n) is 19.2. The number of hydrogen-bond donors (Lipinski definition) is 1. The molecule has 0 amide bonds. The molecule has 3 heterocycles. The Balaban J connectivity index is 1.84. The Hall–Kier alpha value is -3.05. The summed E-state index contributed by atoms with van der Waals surface area (Å²) >= 11 is 0. The Morgan fingerprint density at radius 2 is 2.00 bits per heavy atom. The Morgan fingerprint density at radius 3 is 2.58 bits per heavy atom. The summed E-state index contributed by atoms with van der Waals surface area (Å²) in [5, 5.41) is 9.72. The van der Waals surface area contributed by atoms with Gasteiger partial charge < -0.3 is 19.3 Å². The number of anilines is 1. The molecule has 10 nitrogen and oxygen atoms in total. The van der Waals surface area contributed by atoms with E-state index < -0.39 is 15.8 Å². The quantitative estimate of drug-likeness (QED) is 0.554. The zero-order valence-corrected chi connectivity index (χ0v) is 20.0. The van der Waals surface area contributed by atoms with Crippen molar-refractivity contribution in [3.63, 3.8) is 0 Å². The van der Waals surface area contributed by atoms with E-state index in [-0.39, 0.29) is 23.5 Å². The van der Waals surface area contributed by atoms with Crippen LogP contribution in [0.25, 0.3) is 11.0 Å². The van der Waals surface area contributed by atoms with Crippen LogP contribution in [0.15, 0.2) is 23.2 Å². The van der Waals surface area contributed by atoms with E-state index >= 15 is 0 Å². The maximum atomic E-state index is 12.3. The molecule has 0 unspecified atom stereocenters. The highest BCUT2D eigenvalue weighted by atomic mass is 32.2. The minimum absolute atomic E-state index is 0.112. The Bertz CT molecular complexity index is 1350. The first kappa shape index (κ1) is 23.1. The summed E-state index contributed by atoms with van der Waals surface area (Å²) in [5.74, 6) is 0.919. The molecule has 1 aromatic carbocycles. The first-order chi connectivity index (χ1) is 15.6. The van der Waals surface area contributed by atoms with Crippen molar-refractivity contribution < 1.29 is 23.1 Å². The molecule has 0 aliphatic carbocycles. The van der Waals surface area contributed by atoms with E-state index in [0.29, 0.717) is 46.9 Å². The number of ether oxygens (including phenoxy) is 1. The molecule has 0 saturated carbocycles. The molecule has 176 valence electrons. The fourth-order valence-corrected chi connectivity index (χ4v) is 5.34. The van der Waals surface area contributed by atoms with Gasteiger partial charge in [-0.05, 0) is 30.5 Å². The molecule has 0 bridgehead atoms. The largest absolute Gasteiger partial charge is 0.465 e. The van der Waals surface area contributed by atoms with Crippen molar-refractivity contribution in [3.8, 4) is 0 Å². The van der Waals surface area contributed by atoms with Crippen molar-refractivity contribution in [2.75, 3.05) is 24.8 Å². The molecule has 11 heteroatoms. The van der Waals surface area contributed by atoms with Crippen LogP contribution in [0, 0.1) is 12.8 Å². The summed E-state index contributed by atoms with van der Waals surface area (Å²) in [6, 6.07) is 3.07. The topological polar surface area (TPSA) is 128 Å². The van der Waals surface area contributed by atoms with Gasteiger partial charge in [-0.2, -0.15) is 0 Å². The number of imidazole rings is 1. The number of rotatable bonds is 5. The Morgan fingerprint density at radius 1 is 1.27 bits per heavy atom.